The van der Waals surface area contributed by atoms with Gasteiger partial charge in [-0.2, -0.15) is 0 Å². The Hall–Kier alpha value is -2.68. The lowest BCUT2D eigenvalue weighted by Crippen LogP contribution is -2.26. The Morgan fingerprint density at radius 1 is 1.40 bits per heavy atom. The maximum absolute atomic E-state index is 12.5. The first kappa shape index (κ1) is 23.6. The number of hydrogen-bond acceptors (Lipinski definition) is 6. The summed E-state index contributed by atoms with van der Waals surface area (Å²) in [5, 5.41) is 12.5. The molecule has 2 N–H and O–H groups in total. The summed E-state index contributed by atoms with van der Waals surface area (Å²) >= 11 is 0.752. The van der Waals surface area contributed by atoms with Crippen LogP contribution < -0.4 is 5.32 Å². The van der Waals surface area contributed by atoms with Gasteiger partial charge in [-0.15, -0.1) is 0 Å². The minimum atomic E-state index is -2.34. The summed E-state index contributed by atoms with van der Waals surface area (Å²) < 4.78 is 30.1. The average Bonchev–Trinajstić information content (AvgIpc) is 2.69. The molecule has 0 bridgehead atoms. The molecule has 1 aromatic carbocycles. The fraction of sp³-hybridized carbons (Fsp3) is 0.381. The fourth-order valence-electron chi connectivity index (χ4n) is 2.87. The number of cyclic esters (lactones) is 1. The monoisotopic (exact) mass is 438 g/mol. The van der Waals surface area contributed by atoms with E-state index in [4.69, 9.17) is 4.74 Å². The van der Waals surface area contributed by atoms with Crippen molar-refractivity contribution < 1.29 is 28.2 Å². The zero-order valence-electron chi connectivity index (χ0n) is 16.7. The van der Waals surface area contributed by atoms with Crippen molar-refractivity contribution in [3.8, 4) is 5.75 Å². The minimum Gasteiger partial charge on any atom is -0.507 e. The smallest absolute Gasteiger partial charge is 0.337 e. The maximum Gasteiger partial charge on any atom is 0.337 e. The van der Waals surface area contributed by atoms with Gasteiger partial charge in [-0.25, -0.2) is 13.6 Å². The lowest BCUT2D eigenvalue weighted by atomic mass is 9.93. The average molecular weight is 438 g/mol. The van der Waals surface area contributed by atoms with Crippen LogP contribution in [0.15, 0.2) is 52.9 Å². The number of alkyl halides is 2. The van der Waals surface area contributed by atoms with Gasteiger partial charge in [0, 0.05) is 19.5 Å². The van der Waals surface area contributed by atoms with Gasteiger partial charge in [-0.1, -0.05) is 18.2 Å². The van der Waals surface area contributed by atoms with E-state index in [0.29, 0.717) is 24.8 Å². The van der Waals surface area contributed by atoms with Crippen LogP contribution in [-0.4, -0.2) is 34.8 Å². The number of carbonyl (C=O) groups excluding carboxylic acids is 2. The van der Waals surface area contributed by atoms with Crippen LogP contribution in [0.3, 0.4) is 0 Å². The molecule has 1 unspecified atom stereocenters. The second-order valence-electron chi connectivity index (χ2n) is 6.74. The standard InChI is InChI=1S/C21H24F2N2O4S/c1-13-12-14(6-5-9-17(22)23)10-11-18(27)29-19(13)25-21(24-2)30-20(28)15-7-3-4-8-16(15)26/h3-4,7-8,10-11,14,17,26H,5-6,9,12H2,1-2H3,(H,24,25)/b11-10?,19-13-. The molecular weight excluding hydrogens is 414 g/mol. The molecule has 0 aliphatic carbocycles. The van der Waals surface area contributed by atoms with E-state index in [2.05, 4.69) is 10.3 Å². The Morgan fingerprint density at radius 3 is 2.80 bits per heavy atom. The van der Waals surface area contributed by atoms with Gasteiger partial charge in [-0.05, 0) is 61.6 Å². The molecule has 0 spiro atoms. The van der Waals surface area contributed by atoms with Crippen LogP contribution in [0.1, 0.15) is 43.0 Å². The number of phenolic OH excluding ortho intramolecular Hbond substituents is 1. The molecule has 0 radical (unpaired) electrons. The Morgan fingerprint density at radius 2 is 2.13 bits per heavy atom. The number of nitrogens with one attached hydrogen (secondary N) is 1. The summed E-state index contributed by atoms with van der Waals surface area (Å²) in [6, 6.07) is 6.14. The van der Waals surface area contributed by atoms with Gasteiger partial charge < -0.3 is 15.2 Å². The predicted octanol–water partition coefficient (Wildman–Crippen LogP) is 4.63. The lowest BCUT2D eigenvalue weighted by molar-refractivity contribution is -0.134. The van der Waals surface area contributed by atoms with Crippen LogP contribution in [0.4, 0.5) is 8.78 Å². The number of thioether (sulfide) groups is 1. The van der Waals surface area contributed by atoms with Crippen molar-refractivity contribution in [2.75, 3.05) is 7.05 Å². The van der Waals surface area contributed by atoms with Crippen molar-refractivity contribution in [3.05, 3.63) is 53.4 Å². The largest absolute Gasteiger partial charge is 0.507 e. The summed E-state index contributed by atoms with van der Waals surface area (Å²) in [6.45, 7) is 1.76. The summed E-state index contributed by atoms with van der Waals surface area (Å²) in [6.07, 6.45) is 1.82. The molecule has 0 amide bonds. The summed E-state index contributed by atoms with van der Waals surface area (Å²) in [5.41, 5.74) is 0.833. The number of rotatable bonds is 6. The van der Waals surface area contributed by atoms with Gasteiger partial charge in [0.2, 0.25) is 17.4 Å². The molecular formula is C21H24F2N2O4S. The molecule has 0 saturated carbocycles. The number of esters is 1. The van der Waals surface area contributed by atoms with E-state index >= 15 is 0 Å². The number of amidine groups is 1. The highest BCUT2D eigenvalue weighted by atomic mass is 32.2. The highest BCUT2D eigenvalue weighted by Gasteiger charge is 2.20. The fourth-order valence-corrected chi connectivity index (χ4v) is 3.56. The van der Waals surface area contributed by atoms with E-state index in [1.165, 1.54) is 25.3 Å². The third-order valence-corrected chi connectivity index (χ3v) is 5.28. The van der Waals surface area contributed by atoms with Crippen LogP contribution in [0.2, 0.25) is 0 Å². The Labute approximate surface area is 178 Å². The summed E-state index contributed by atoms with van der Waals surface area (Å²) in [5.74, 6) is -0.676. The number of carbonyl (C=O) groups is 2. The zero-order valence-corrected chi connectivity index (χ0v) is 17.5. The van der Waals surface area contributed by atoms with Crippen LogP contribution in [0, 0.1) is 5.92 Å². The Kier molecular flexibility index (Phi) is 9.04. The molecule has 2 rings (SSSR count). The van der Waals surface area contributed by atoms with E-state index in [-0.39, 0.29) is 34.7 Å². The van der Waals surface area contributed by atoms with Gasteiger partial charge in [0.15, 0.2) is 5.17 Å². The van der Waals surface area contributed by atoms with E-state index in [1.807, 2.05) is 0 Å². The number of nitrogens with zero attached hydrogens (tertiary/aromatic N) is 1. The molecule has 1 aliphatic heterocycles. The molecule has 9 heteroatoms. The van der Waals surface area contributed by atoms with Crippen molar-refractivity contribution >= 4 is 28.0 Å². The number of halogens is 2. The first-order chi connectivity index (χ1) is 14.3. The minimum absolute atomic E-state index is 0.0778. The zero-order chi connectivity index (χ0) is 22.1. The molecule has 1 aromatic rings. The van der Waals surface area contributed by atoms with E-state index in [1.54, 1.807) is 25.1 Å². The summed E-state index contributed by atoms with van der Waals surface area (Å²) in [7, 11) is 1.47. The van der Waals surface area contributed by atoms with Crippen molar-refractivity contribution in [1.82, 2.24) is 5.32 Å². The van der Waals surface area contributed by atoms with Gasteiger partial charge in [0.05, 0.1) is 5.56 Å². The molecule has 1 aliphatic rings. The topological polar surface area (TPSA) is 88.0 Å². The molecule has 6 nitrogen and oxygen atoms in total. The highest BCUT2D eigenvalue weighted by Crippen LogP contribution is 2.26. The molecule has 162 valence electrons. The van der Waals surface area contributed by atoms with Crippen LogP contribution >= 0.6 is 11.8 Å². The van der Waals surface area contributed by atoms with E-state index < -0.39 is 17.5 Å². The normalized spacial score (nSPS) is 20.0. The second-order valence-corrected chi connectivity index (χ2v) is 7.70. The van der Waals surface area contributed by atoms with E-state index in [9.17, 15) is 23.5 Å². The van der Waals surface area contributed by atoms with Crippen LogP contribution in [0.25, 0.3) is 0 Å². The Bertz CT molecular complexity index is 868. The van der Waals surface area contributed by atoms with Gasteiger partial charge in [0.1, 0.15) is 5.75 Å². The molecule has 0 aromatic heterocycles. The van der Waals surface area contributed by atoms with Crippen LogP contribution in [-0.2, 0) is 9.53 Å². The third kappa shape index (κ3) is 7.29. The number of para-hydroxylation sites is 1. The van der Waals surface area contributed by atoms with Gasteiger partial charge >= 0.3 is 5.97 Å². The Balaban J connectivity index is 2.09. The van der Waals surface area contributed by atoms with Crippen molar-refractivity contribution in [2.45, 2.75) is 39.0 Å². The molecule has 0 saturated heterocycles. The number of hydrogen-bond donors (Lipinski definition) is 2. The van der Waals surface area contributed by atoms with Crippen molar-refractivity contribution in [1.29, 1.82) is 0 Å². The number of phenols is 1. The van der Waals surface area contributed by atoms with Crippen LogP contribution in [0.5, 0.6) is 5.75 Å². The molecule has 1 atom stereocenters. The second kappa shape index (κ2) is 11.5. The van der Waals surface area contributed by atoms with Gasteiger partial charge in [-0.3, -0.25) is 9.79 Å². The number of benzene rings is 1. The van der Waals surface area contributed by atoms with Crippen molar-refractivity contribution in [3.63, 3.8) is 0 Å². The lowest BCUT2D eigenvalue weighted by Gasteiger charge is -2.20. The molecule has 0 fully saturated rings. The predicted molar refractivity (Wildman–Crippen MR) is 112 cm³/mol. The quantitative estimate of drug-likeness (QED) is 0.383. The highest BCUT2D eigenvalue weighted by molar-refractivity contribution is 8.26. The molecule has 1 heterocycles. The molecule has 30 heavy (non-hydrogen) atoms. The first-order valence-electron chi connectivity index (χ1n) is 9.42. The van der Waals surface area contributed by atoms with Gasteiger partial charge in [0.25, 0.3) is 0 Å². The number of aromatic hydroxyl groups is 1. The number of ether oxygens (including phenoxy) is 1. The maximum atomic E-state index is 12.5. The summed E-state index contributed by atoms with van der Waals surface area (Å²) in [4.78, 5) is 28.5. The number of aliphatic imine (C=N–C) groups is 1. The first-order valence-corrected chi connectivity index (χ1v) is 10.2. The number of allylic oxidation sites excluding steroid dienone is 2. The van der Waals surface area contributed by atoms with Crippen molar-refractivity contribution in [2.24, 2.45) is 10.9 Å². The van der Waals surface area contributed by atoms with E-state index in [0.717, 1.165) is 11.8 Å². The SMILES string of the molecule is CN=C(N/C1=C(\C)CC(CCCC(F)F)C=CC(=O)O1)SC(=O)c1ccccc1O. The third-order valence-electron chi connectivity index (χ3n) is 4.40.